The van der Waals surface area contributed by atoms with Crippen LogP contribution in [0.1, 0.15) is 33.6 Å². The summed E-state index contributed by atoms with van der Waals surface area (Å²) in [5.74, 6) is -0.00314. The summed E-state index contributed by atoms with van der Waals surface area (Å²) in [5.41, 5.74) is 0.574. The van der Waals surface area contributed by atoms with E-state index in [1.807, 2.05) is 13.8 Å². The maximum Gasteiger partial charge on any atom is 0.233 e. The molecule has 0 aromatic heterocycles. The van der Waals surface area contributed by atoms with Crippen molar-refractivity contribution in [1.82, 2.24) is 4.90 Å². The molecule has 0 saturated carbocycles. The molecule has 1 saturated heterocycles. The van der Waals surface area contributed by atoms with Gasteiger partial charge >= 0.3 is 0 Å². The maximum absolute atomic E-state index is 12.4. The third-order valence-electron chi connectivity index (χ3n) is 4.13. The van der Waals surface area contributed by atoms with Crippen molar-refractivity contribution < 1.29 is 22.7 Å². The molecule has 1 aliphatic rings. The van der Waals surface area contributed by atoms with E-state index in [2.05, 4.69) is 5.32 Å². The molecule has 0 spiro atoms. The predicted molar refractivity (Wildman–Crippen MR) is 99.9 cm³/mol. The van der Waals surface area contributed by atoms with Crippen LogP contribution in [0.2, 0.25) is 0 Å². The van der Waals surface area contributed by atoms with E-state index in [4.69, 9.17) is 4.74 Å². The van der Waals surface area contributed by atoms with E-state index in [1.54, 1.807) is 31.2 Å². The Morgan fingerprint density at radius 1 is 1.27 bits per heavy atom. The zero-order valence-corrected chi connectivity index (χ0v) is 16.2. The molecule has 2 rings (SSSR count). The van der Waals surface area contributed by atoms with Gasteiger partial charge in [0, 0.05) is 18.3 Å². The van der Waals surface area contributed by atoms with Crippen LogP contribution in [0.15, 0.2) is 24.3 Å². The van der Waals surface area contributed by atoms with E-state index in [0.717, 1.165) is 0 Å². The Labute approximate surface area is 154 Å². The van der Waals surface area contributed by atoms with Crippen LogP contribution in [0.4, 0.5) is 5.69 Å². The van der Waals surface area contributed by atoms with Gasteiger partial charge in [-0.15, -0.1) is 0 Å². The summed E-state index contributed by atoms with van der Waals surface area (Å²) in [6.07, 6.45) is 0.183. The summed E-state index contributed by atoms with van der Waals surface area (Å²) in [6.45, 7) is 6.02. The maximum atomic E-state index is 12.4. The van der Waals surface area contributed by atoms with Gasteiger partial charge < -0.3 is 15.0 Å². The summed E-state index contributed by atoms with van der Waals surface area (Å²) in [5, 5.41) is 2.68. The number of anilines is 1. The second-order valence-corrected chi connectivity index (χ2v) is 8.88. The molecule has 7 nitrogen and oxygen atoms in total. The third-order valence-corrected chi connectivity index (χ3v) is 5.88. The number of amides is 2. The minimum Gasteiger partial charge on any atom is -0.491 e. The van der Waals surface area contributed by atoms with Gasteiger partial charge in [0.1, 0.15) is 12.2 Å². The number of carbonyl (C=O) groups excluding carboxylic acids is 2. The third kappa shape index (κ3) is 5.72. The van der Waals surface area contributed by atoms with Gasteiger partial charge in [0.15, 0.2) is 9.84 Å². The Kier molecular flexibility index (Phi) is 6.63. The number of nitrogens with zero attached hydrogens (tertiary/aromatic N) is 1. The van der Waals surface area contributed by atoms with Crippen molar-refractivity contribution in [3.05, 3.63) is 24.3 Å². The van der Waals surface area contributed by atoms with Crippen molar-refractivity contribution in [3.8, 4) is 5.75 Å². The van der Waals surface area contributed by atoms with E-state index < -0.39 is 15.7 Å². The first-order valence-electron chi connectivity index (χ1n) is 8.76. The monoisotopic (exact) mass is 382 g/mol. The average molecular weight is 382 g/mol. The molecular weight excluding hydrogens is 356 g/mol. The summed E-state index contributed by atoms with van der Waals surface area (Å²) in [4.78, 5) is 26.0. The molecule has 8 heteroatoms. The number of ether oxygens (including phenoxy) is 1. The molecule has 2 amide bonds. The van der Waals surface area contributed by atoms with Crippen LogP contribution in [0.3, 0.4) is 0 Å². The average Bonchev–Trinajstić information content (AvgIpc) is 2.89. The van der Waals surface area contributed by atoms with Gasteiger partial charge in [0.25, 0.3) is 0 Å². The summed E-state index contributed by atoms with van der Waals surface area (Å²) < 4.78 is 28.8. The fraction of sp³-hybridized carbons (Fsp3) is 0.556. The molecule has 1 unspecified atom stereocenters. The van der Waals surface area contributed by atoms with Crippen molar-refractivity contribution in [2.45, 2.75) is 45.8 Å². The first kappa shape index (κ1) is 20.2. The molecule has 144 valence electrons. The minimum atomic E-state index is -3.08. The van der Waals surface area contributed by atoms with Crippen LogP contribution in [0, 0.1) is 0 Å². The smallest absolute Gasteiger partial charge is 0.233 e. The van der Waals surface area contributed by atoms with E-state index in [0.29, 0.717) is 24.4 Å². The Morgan fingerprint density at radius 3 is 2.42 bits per heavy atom. The number of sulfone groups is 1. The number of carbonyl (C=O) groups is 2. The topological polar surface area (TPSA) is 92.8 Å². The molecule has 1 N–H and O–H groups in total. The van der Waals surface area contributed by atoms with Crippen LogP contribution < -0.4 is 10.1 Å². The Hall–Kier alpha value is -2.09. The van der Waals surface area contributed by atoms with Crippen LogP contribution in [0.25, 0.3) is 0 Å². The lowest BCUT2D eigenvalue weighted by Gasteiger charge is -2.26. The highest BCUT2D eigenvalue weighted by Crippen LogP contribution is 2.19. The normalized spacial score (nSPS) is 18.5. The largest absolute Gasteiger partial charge is 0.491 e. The van der Waals surface area contributed by atoms with E-state index in [9.17, 15) is 18.0 Å². The highest BCUT2D eigenvalue weighted by molar-refractivity contribution is 7.91. The second kappa shape index (κ2) is 8.53. The van der Waals surface area contributed by atoms with Gasteiger partial charge in [-0.05, 0) is 51.5 Å². The predicted octanol–water partition coefficient (Wildman–Crippen LogP) is 1.84. The first-order valence-corrected chi connectivity index (χ1v) is 10.6. The number of nitrogens with one attached hydrogen (secondary N) is 1. The van der Waals surface area contributed by atoms with Gasteiger partial charge in [-0.1, -0.05) is 0 Å². The zero-order chi connectivity index (χ0) is 19.3. The van der Waals surface area contributed by atoms with Crippen LogP contribution in [-0.4, -0.2) is 55.3 Å². The van der Waals surface area contributed by atoms with Crippen molar-refractivity contribution in [1.29, 1.82) is 0 Å². The van der Waals surface area contributed by atoms with Gasteiger partial charge in [-0.2, -0.15) is 0 Å². The SMILES string of the molecule is CCN(C(=O)CC(=O)Nc1ccc(OC(C)C)cc1)C1CCS(=O)(=O)C1. The highest BCUT2D eigenvalue weighted by atomic mass is 32.2. The highest BCUT2D eigenvalue weighted by Gasteiger charge is 2.34. The summed E-state index contributed by atoms with van der Waals surface area (Å²) in [6, 6.07) is 6.58. The number of rotatable bonds is 7. The number of hydrogen-bond donors (Lipinski definition) is 1. The van der Waals surface area contributed by atoms with Crippen molar-refractivity contribution in [3.63, 3.8) is 0 Å². The molecule has 1 fully saturated rings. The number of benzene rings is 1. The second-order valence-electron chi connectivity index (χ2n) is 6.65. The Bertz CT molecular complexity index is 743. The molecular formula is C18H26N2O5S. The molecule has 0 bridgehead atoms. The van der Waals surface area contributed by atoms with Crippen molar-refractivity contribution >= 4 is 27.3 Å². The fourth-order valence-corrected chi connectivity index (χ4v) is 4.72. The summed E-state index contributed by atoms with van der Waals surface area (Å²) in [7, 11) is -3.08. The van der Waals surface area contributed by atoms with Crippen LogP contribution in [-0.2, 0) is 19.4 Å². The molecule has 1 aliphatic heterocycles. The van der Waals surface area contributed by atoms with Gasteiger partial charge in [0.2, 0.25) is 11.8 Å². The molecule has 26 heavy (non-hydrogen) atoms. The zero-order valence-electron chi connectivity index (χ0n) is 15.4. The lowest BCUT2D eigenvalue weighted by molar-refractivity contribution is -0.135. The molecule has 1 aromatic carbocycles. The fourth-order valence-electron chi connectivity index (χ4n) is 2.99. The van der Waals surface area contributed by atoms with Crippen LogP contribution >= 0.6 is 0 Å². The molecule has 0 radical (unpaired) electrons. The van der Waals surface area contributed by atoms with Gasteiger partial charge in [-0.3, -0.25) is 9.59 Å². The van der Waals surface area contributed by atoms with Crippen molar-refractivity contribution in [2.75, 3.05) is 23.4 Å². The van der Waals surface area contributed by atoms with E-state index in [1.165, 1.54) is 4.90 Å². The van der Waals surface area contributed by atoms with Gasteiger partial charge in [0.05, 0.1) is 17.6 Å². The lowest BCUT2D eigenvalue weighted by atomic mass is 10.2. The Balaban J connectivity index is 1.90. The first-order chi connectivity index (χ1) is 12.2. The molecule has 1 aromatic rings. The summed E-state index contributed by atoms with van der Waals surface area (Å²) >= 11 is 0. The molecule has 1 heterocycles. The molecule has 0 aliphatic carbocycles. The quantitative estimate of drug-likeness (QED) is 0.727. The lowest BCUT2D eigenvalue weighted by Crippen LogP contribution is -2.42. The van der Waals surface area contributed by atoms with Crippen LogP contribution in [0.5, 0.6) is 5.75 Å². The number of hydrogen-bond acceptors (Lipinski definition) is 5. The standard InChI is InChI=1S/C18H26N2O5S/c1-4-20(15-9-10-26(23,24)12-15)18(22)11-17(21)19-14-5-7-16(8-6-14)25-13(2)3/h5-8,13,15H,4,9-12H2,1-3H3,(H,19,21). The van der Waals surface area contributed by atoms with Crippen molar-refractivity contribution in [2.24, 2.45) is 0 Å². The van der Waals surface area contributed by atoms with E-state index >= 15 is 0 Å². The van der Waals surface area contributed by atoms with E-state index in [-0.39, 0.29) is 36.0 Å². The van der Waals surface area contributed by atoms with Gasteiger partial charge in [-0.25, -0.2) is 8.42 Å². The Morgan fingerprint density at radius 2 is 1.92 bits per heavy atom. The molecule has 1 atom stereocenters. The minimum absolute atomic E-state index is 0.0223.